The maximum absolute atomic E-state index is 12.4. The highest BCUT2D eigenvalue weighted by Gasteiger charge is 2.17. The Bertz CT molecular complexity index is 758. The molecule has 0 aliphatic rings. The van der Waals surface area contributed by atoms with Gasteiger partial charge in [-0.3, -0.25) is 4.72 Å². The Hall–Kier alpha value is -1.53. The lowest BCUT2D eigenvalue weighted by Gasteiger charge is -2.12. The number of aryl methyl sites for hydroxylation is 2. The second-order valence-electron chi connectivity index (χ2n) is 4.61. The first-order chi connectivity index (χ1) is 9.29. The second kappa shape index (κ2) is 5.46. The smallest absolute Gasteiger partial charge is 0.262 e. The molecule has 0 atom stereocenters. The molecular weight excluding hydrogens is 340 g/mol. The average Bonchev–Trinajstić information content (AvgIpc) is 2.36. The van der Waals surface area contributed by atoms with Gasteiger partial charge in [-0.25, -0.2) is 8.42 Å². The van der Waals surface area contributed by atoms with Crippen molar-refractivity contribution in [1.29, 1.82) is 0 Å². The van der Waals surface area contributed by atoms with Crippen LogP contribution in [0.4, 0.5) is 11.4 Å². The van der Waals surface area contributed by atoms with Crippen LogP contribution in [0.15, 0.2) is 45.8 Å². The molecule has 3 N–H and O–H groups in total. The molecule has 2 aromatic rings. The normalized spacial score (nSPS) is 11.3. The van der Waals surface area contributed by atoms with E-state index in [0.717, 1.165) is 10.0 Å². The predicted octanol–water partition coefficient (Wildman–Crippen LogP) is 3.45. The fourth-order valence-corrected chi connectivity index (χ4v) is 3.44. The van der Waals surface area contributed by atoms with Gasteiger partial charge in [-0.1, -0.05) is 12.1 Å². The van der Waals surface area contributed by atoms with Gasteiger partial charge in [0.2, 0.25) is 0 Å². The molecule has 0 radical (unpaired) electrons. The third kappa shape index (κ3) is 3.13. The van der Waals surface area contributed by atoms with Crippen molar-refractivity contribution in [3.63, 3.8) is 0 Å². The Morgan fingerprint density at radius 1 is 1.10 bits per heavy atom. The van der Waals surface area contributed by atoms with Gasteiger partial charge >= 0.3 is 0 Å². The summed E-state index contributed by atoms with van der Waals surface area (Å²) in [6.07, 6.45) is 0. The standard InChI is InChI=1S/C14H15BrN2O2S/c1-9-3-4-10(2)14(7-9)20(18,19)17-11-5-6-12(15)13(16)8-11/h3-8,17H,16H2,1-2H3. The molecule has 0 aromatic heterocycles. The van der Waals surface area contributed by atoms with E-state index in [1.165, 1.54) is 0 Å². The van der Waals surface area contributed by atoms with E-state index in [1.54, 1.807) is 37.3 Å². The highest BCUT2D eigenvalue weighted by Crippen LogP contribution is 2.25. The first-order valence-corrected chi connectivity index (χ1v) is 8.22. The Labute approximate surface area is 127 Å². The third-order valence-electron chi connectivity index (χ3n) is 2.88. The molecule has 0 amide bonds. The first-order valence-electron chi connectivity index (χ1n) is 5.95. The van der Waals surface area contributed by atoms with Crippen LogP contribution in [0, 0.1) is 13.8 Å². The number of anilines is 2. The molecular formula is C14H15BrN2O2S. The number of hydrogen-bond donors (Lipinski definition) is 2. The molecule has 0 heterocycles. The fraction of sp³-hybridized carbons (Fsp3) is 0.143. The number of sulfonamides is 1. The summed E-state index contributed by atoms with van der Waals surface area (Å²) in [6.45, 7) is 3.63. The molecule has 0 saturated heterocycles. The summed E-state index contributed by atoms with van der Waals surface area (Å²) >= 11 is 3.27. The number of nitrogens with two attached hydrogens (primary N) is 1. The third-order valence-corrected chi connectivity index (χ3v) is 5.13. The van der Waals surface area contributed by atoms with Crippen LogP contribution in [0.2, 0.25) is 0 Å². The van der Waals surface area contributed by atoms with E-state index < -0.39 is 10.0 Å². The lowest BCUT2D eigenvalue weighted by Crippen LogP contribution is -2.14. The van der Waals surface area contributed by atoms with Crippen LogP contribution in [0.1, 0.15) is 11.1 Å². The van der Waals surface area contributed by atoms with Crippen molar-refractivity contribution in [2.45, 2.75) is 18.7 Å². The van der Waals surface area contributed by atoms with Crippen LogP contribution in [0.25, 0.3) is 0 Å². The number of nitrogen functional groups attached to an aromatic ring is 1. The SMILES string of the molecule is Cc1ccc(C)c(S(=O)(=O)Nc2ccc(Br)c(N)c2)c1. The van der Waals surface area contributed by atoms with Gasteiger partial charge < -0.3 is 5.73 Å². The zero-order valence-electron chi connectivity index (χ0n) is 11.1. The minimum Gasteiger partial charge on any atom is -0.398 e. The lowest BCUT2D eigenvalue weighted by atomic mass is 10.2. The Morgan fingerprint density at radius 2 is 1.80 bits per heavy atom. The largest absolute Gasteiger partial charge is 0.398 e. The first kappa shape index (κ1) is 14.9. The molecule has 4 nitrogen and oxygen atoms in total. The summed E-state index contributed by atoms with van der Waals surface area (Å²) in [5.41, 5.74) is 8.26. The summed E-state index contributed by atoms with van der Waals surface area (Å²) in [6, 6.07) is 10.3. The topological polar surface area (TPSA) is 72.2 Å². The van der Waals surface area contributed by atoms with Crippen molar-refractivity contribution in [3.8, 4) is 0 Å². The molecule has 20 heavy (non-hydrogen) atoms. The average molecular weight is 355 g/mol. The maximum Gasteiger partial charge on any atom is 0.262 e. The second-order valence-corrected chi connectivity index (χ2v) is 7.12. The highest BCUT2D eigenvalue weighted by atomic mass is 79.9. The molecule has 2 aromatic carbocycles. The molecule has 106 valence electrons. The maximum atomic E-state index is 12.4. The van der Waals surface area contributed by atoms with Crippen LogP contribution >= 0.6 is 15.9 Å². The van der Waals surface area contributed by atoms with Gasteiger partial charge in [0.25, 0.3) is 10.0 Å². The van der Waals surface area contributed by atoms with Crippen LogP contribution in [-0.4, -0.2) is 8.42 Å². The van der Waals surface area contributed by atoms with Gasteiger partial charge in [-0.2, -0.15) is 0 Å². The minimum absolute atomic E-state index is 0.277. The van der Waals surface area contributed by atoms with Crippen molar-refractivity contribution in [1.82, 2.24) is 0 Å². The molecule has 2 rings (SSSR count). The molecule has 0 spiro atoms. The number of benzene rings is 2. The zero-order chi connectivity index (χ0) is 14.9. The van der Waals surface area contributed by atoms with E-state index in [4.69, 9.17) is 5.73 Å². The van der Waals surface area contributed by atoms with Gasteiger partial charge in [0.1, 0.15) is 0 Å². The van der Waals surface area contributed by atoms with E-state index in [-0.39, 0.29) is 4.90 Å². The van der Waals surface area contributed by atoms with Gasteiger partial charge in [0.15, 0.2) is 0 Å². The van der Waals surface area contributed by atoms with Crippen molar-refractivity contribution in [2.75, 3.05) is 10.5 Å². The summed E-state index contributed by atoms with van der Waals surface area (Å²) < 4.78 is 28.1. The predicted molar refractivity (Wildman–Crippen MR) is 85.3 cm³/mol. The van der Waals surface area contributed by atoms with Crippen molar-refractivity contribution < 1.29 is 8.42 Å². The van der Waals surface area contributed by atoms with Crippen LogP contribution < -0.4 is 10.5 Å². The summed E-state index contributed by atoms with van der Waals surface area (Å²) in [7, 11) is -3.62. The highest BCUT2D eigenvalue weighted by molar-refractivity contribution is 9.10. The van der Waals surface area contributed by atoms with Crippen LogP contribution in [0.3, 0.4) is 0 Å². The number of halogens is 1. The fourth-order valence-electron chi connectivity index (χ4n) is 1.81. The molecule has 0 bridgehead atoms. The molecule has 0 aliphatic heterocycles. The molecule has 0 unspecified atom stereocenters. The van der Waals surface area contributed by atoms with E-state index in [0.29, 0.717) is 16.9 Å². The van der Waals surface area contributed by atoms with E-state index in [2.05, 4.69) is 20.7 Å². The van der Waals surface area contributed by atoms with Crippen molar-refractivity contribution in [3.05, 3.63) is 52.0 Å². The lowest BCUT2D eigenvalue weighted by molar-refractivity contribution is 0.600. The minimum atomic E-state index is -3.62. The van der Waals surface area contributed by atoms with E-state index in [1.807, 2.05) is 13.0 Å². The van der Waals surface area contributed by atoms with Gasteiger partial charge in [0.05, 0.1) is 10.6 Å². The zero-order valence-corrected chi connectivity index (χ0v) is 13.5. The van der Waals surface area contributed by atoms with Gasteiger partial charge in [-0.15, -0.1) is 0 Å². The van der Waals surface area contributed by atoms with E-state index in [9.17, 15) is 8.42 Å². The summed E-state index contributed by atoms with van der Waals surface area (Å²) in [5, 5.41) is 0. The quantitative estimate of drug-likeness (QED) is 0.829. The van der Waals surface area contributed by atoms with Gasteiger partial charge in [-0.05, 0) is 65.2 Å². The Morgan fingerprint density at radius 3 is 2.45 bits per heavy atom. The van der Waals surface area contributed by atoms with E-state index >= 15 is 0 Å². The molecule has 6 heteroatoms. The Balaban J connectivity index is 2.40. The van der Waals surface area contributed by atoms with Gasteiger partial charge in [0, 0.05) is 10.2 Å². The van der Waals surface area contributed by atoms with Crippen molar-refractivity contribution in [2.24, 2.45) is 0 Å². The Kier molecular flexibility index (Phi) is 4.06. The van der Waals surface area contributed by atoms with Crippen LogP contribution in [-0.2, 0) is 10.0 Å². The number of nitrogens with one attached hydrogen (secondary N) is 1. The summed E-state index contributed by atoms with van der Waals surface area (Å²) in [5.74, 6) is 0. The molecule has 0 aliphatic carbocycles. The monoisotopic (exact) mass is 354 g/mol. The number of rotatable bonds is 3. The van der Waals surface area contributed by atoms with Crippen LogP contribution in [0.5, 0.6) is 0 Å². The molecule has 0 fully saturated rings. The summed E-state index contributed by atoms with van der Waals surface area (Å²) in [4.78, 5) is 0.277. The van der Waals surface area contributed by atoms with Crippen molar-refractivity contribution >= 4 is 37.3 Å². The number of hydrogen-bond acceptors (Lipinski definition) is 3. The molecule has 0 saturated carbocycles.